The first-order valence-electron chi connectivity index (χ1n) is 7.78. The molecule has 2 aromatic rings. The van der Waals surface area contributed by atoms with E-state index in [1.807, 2.05) is 0 Å². The van der Waals surface area contributed by atoms with Crippen LogP contribution in [0.5, 0.6) is 0 Å². The van der Waals surface area contributed by atoms with E-state index in [9.17, 15) is 14.9 Å². The molecule has 1 aromatic heterocycles. The highest BCUT2D eigenvalue weighted by atomic mass is 79.9. The third kappa shape index (κ3) is 2.82. The summed E-state index contributed by atoms with van der Waals surface area (Å²) in [6.07, 6.45) is 0.380. The van der Waals surface area contributed by atoms with Crippen LogP contribution >= 0.6 is 27.3 Å². The molecule has 2 aliphatic rings. The number of nitro groups is 1. The summed E-state index contributed by atoms with van der Waals surface area (Å²) < 4.78 is 0.415. The highest BCUT2D eigenvalue weighted by molar-refractivity contribution is 9.10. The number of hydrogen-bond acceptors (Lipinski definition) is 6. The molecular formula is C16H15BrN4O3S. The lowest BCUT2D eigenvalue weighted by molar-refractivity contribution is -0.385. The summed E-state index contributed by atoms with van der Waals surface area (Å²) in [5, 5.41) is 18.3. The van der Waals surface area contributed by atoms with Gasteiger partial charge in [0, 0.05) is 29.6 Å². The van der Waals surface area contributed by atoms with Gasteiger partial charge in [0.25, 0.3) is 11.6 Å². The zero-order valence-corrected chi connectivity index (χ0v) is 15.7. The molecule has 3 heterocycles. The second kappa shape index (κ2) is 6.08. The van der Waals surface area contributed by atoms with Crippen LogP contribution in [0.2, 0.25) is 0 Å². The van der Waals surface area contributed by atoms with Crippen LogP contribution in [0.15, 0.2) is 22.7 Å². The number of nitrogens with zero attached hydrogens (tertiary/aromatic N) is 2. The fourth-order valence-corrected chi connectivity index (χ4v) is 5.00. The highest BCUT2D eigenvalue weighted by Gasteiger charge is 2.33. The number of nitrogens with one attached hydrogen (secondary N) is 2. The van der Waals surface area contributed by atoms with E-state index in [0.717, 1.165) is 35.6 Å². The summed E-state index contributed by atoms with van der Waals surface area (Å²) in [6.45, 7) is 1.78. The Bertz CT molecular complexity index is 898. The van der Waals surface area contributed by atoms with E-state index in [4.69, 9.17) is 0 Å². The molecule has 7 nitrogen and oxygen atoms in total. The standard InChI is InChI=1S/C16H15BrN4O3S/c1-20-5-4-9-12(7-20)25-16-13(9)15(22)18-14(19-16)8-2-3-10(17)11(6-8)21(23)24/h2-3,6,14,19H,4-5,7H2,1H3,(H,18,22). The predicted molar refractivity (Wildman–Crippen MR) is 99.0 cm³/mol. The maximum Gasteiger partial charge on any atom is 0.283 e. The molecule has 9 heteroatoms. The number of amides is 1. The molecule has 1 atom stereocenters. The van der Waals surface area contributed by atoms with E-state index in [1.165, 1.54) is 10.9 Å². The van der Waals surface area contributed by atoms with Crippen molar-refractivity contribution in [3.8, 4) is 0 Å². The molecule has 130 valence electrons. The van der Waals surface area contributed by atoms with Crippen molar-refractivity contribution in [2.24, 2.45) is 0 Å². The molecule has 25 heavy (non-hydrogen) atoms. The topological polar surface area (TPSA) is 87.5 Å². The van der Waals surface area contributed by atoms with Gasteiger partial charge in [0.15, 0.2) is 0 Å². The van der Waals surface area contributed by atoms with Gasteiger partial charge in [-0.2, -0.15) is 0 Å². The average molecular weight is 423 g/mol. The number of likely N-dealkylation sites (N-methyl/N-ethyl adjacent to an activating group) is 1. The summed E-state index contributed by atoms with van der Waals surface area (Å²) in [5.74, 6) is -0.119. The molecule has 0 bridgehead atoms. The van der Waals surface area contributed by atoms with Gasteiger partial charge in [-0.25, -0.2) is 0 Å². The van der Waals surface area contributed by atoms with Crippen LogP contribution in [0.4, 0.5) is 10.7 Å². The minimum Gasteiger partial charge on any atom is -0.353 e. The number of fused-ring (bicyclic) bond motifs is 3. The van der Waals surface area contributed by atoms with E-state index in [-0.39, 0.29) is 11.6 Å². The number of halogens is 1. The van der Waals surface area contributed by atoms with Crippen LogP contribution in [0.1, 0.15) is 32.5 Å². The Labute approximate surface area is 156 Å². The molecule has 1 unspecified atom stereocenters. The zero-order chi connectivity index (χ0) is 17.7. The fourth-order valence-electron chi connectivity index (χ4n) is 3.26. The number of rotatable bonds is 2. The number of anilines is 1. The number of carbonyl (C=O) groups is 1. The predicted octanol–water partition coefficient (Wildman–Crippen LogP) is 3.26. The van der Waals surface area contributed by atoms with E-state index >= 15 is 0 Å². The third-order valence-electron chi connectivity index (χ3n) is 4.53. The summed E-state index contributed by atoms with van der Waals surface area (Å²) in [7, 11) is 2.07. The Kier molecular flexibility index (Phi) is 4.01. The molecule has 1 amide bonds. The molecular weight excluding hydrogens is 408 g/mol. The molecule has 0 radical (unpaired) electrons. The van der Waals surface area contributed by atoms with Crippen LogP contribution < -0.4 is 10.6 Å². The maximum absolute atomic E-state index is 12.7. The summed E-state index contributed by atoms with van der Waals surface area (Å²) in [6, 6.07) is 4.88. The SMILES string of the molecule is CN1CCc2c(sc3c2C(=O)NC(c2ccc(Br)c([N+](=O)[O-])c2)N3)C1. The molecule has 0 fully saturated rings. The Balaban J connectivity index is 1.69. The van der Waals surface area contributed by atoms with E-state index in [1.54, 1.807) is 23.5 Å². The van der Waals surface area contributed by atoms with Crippen molar-refractivity contribution in [1.29, 1.82) is 0 Å². The van der Waals surface area contributed by atoms with E-state index in [2.05, 4.69) is 38.5 Å². The van der Waals surface area contributed by atoms with Crippen molar-refractivity contribution < 1.29 is 9.72 Å². The minimum atomic E-state index is -0.482. The second-order valence-corrected chi connectivity index (χ2v) is 8.17. The molecule has 0 saturated heterocycles. The minimum absolute atomic E-state index is 0.0218. The van der Waals surface area contributed by atoms with Crippen LogP contribution in [0.3, 0.4) is 0 Å². The van der Waals surface area contributed by atoms with Crippen molar-refractivity contribution in [2.75, 3.05) is 18.9 Å². The summed E-state index contributed by atoms with van der Waals surface area (Å²) in [4.78, 5) is 26.8. The van der Waals surface area contributed by atoms with Gasteiger partial charge in [-0.1, -0.05) is 6.07 Å². The van der Waals surface area contributed by atoms with Crippen molar-refractivity contribution in [3.63, 3.8) is 0 Å². The molecule has 0 spiro atoms. The normalized spacial score (nSPS) is 19.6. The smallest absolute Gasteiger partial charge is 0.283 e. The Morgan fingerprint density at radius 2 is 2.20 bits per heavy atom. The van der Waals surface area contributed by atoms with Gasteiger partial charge in [0.1, 0.15) is 11.2 Å². The van der Waals surface area contributed by atoms with E-state index < -0.39 is 11.1 Å². The number of thiophene rings is 1. The van der Waals surface area contributed by atoms with Gasteiger partial charge in [0.2, 0.25) is 0 Å². The van der Waals surface area contributed by atoms with Crippen molar-refractivity contribution >= 4 is 43.9 Å². The Morgan fingerprint density at radius 3 is 2.96 bits per heavy atom. The van der Waals surface area contributed by atoms with Gasteiger partial charge in [0.05, 0.1) is 15.0 Å². The van der Waals surface area contributed by atoms with Crippen LogP contribution in [0, 0.1) is 10.1 Å². The van der Waals surface area contributed by atoms with Gasteiger partial charge in [-0.15, -0.1) is 11.3 Å². The molecule has 0 aliphatic carbocycles. The highest BCUT2D eigenvalue weighted by Crippen LogP contribution is 2.41. The Morgan fingerprint density at radius 1 is 1.40 bits per heavy atom. The molecule has 4 rings (SSSR count). The van der Waals surface area contributed by atoms with Crippen LogP contribution in [-0.4, -0.2) is 29.3 Å². The molecule has 0 saturated carbocycles. The van der Waals surface area contributed by atoms with Crippen molar-refractivity contribution in [2.45, 2.75) is 19.1 Å². The monoisotopic (exact) mass is 422 g/mol. The lowest BCUT2D eigenvalue weighted by Crippen LogP contribution is -2.38. The number of benzene rings is 1. The number of nitro benzene ring substituents is 1. The van der Waals surface area contributed by atoms with E-state index in [0.29, 0.717) is 10.0 Å². The quantitative estimate of drug-likeness (QED) is 0.572. The summed E-state index contributed by atoms with van der Waals surface area (Å²) in [5.41, 5.74) is 2.49. The van der Waals surface area contributed by atoms with Gasteiger partial charge in [-0.3, -0.25) is 14.9 Å². The first-order valence-corrected chi connectivity index (χ1v) is 9.39. The maximum atomic E-state index is 12.7. The van der Waals surface area contributed by atoms with Gasteiger partial charge < -0.3 is 15.5 Å². The molecule has 2 aliphatic heterocycles. The van der Waals surface area contributed by atoms with Crippen molar-refractivity contribution in [3.05, 3.63) is 54.4 Å². The third-order valence-corrected chi connectivity index (χ3v) is 6.34. The fraction of sp³-hybridized carbons (Fsp3) is 0.312. The first-order chi connectivity index (χ1) is 11.9. The zero-order valence-electron chi connectivity index (χ0n) is 13.3. The lowest BCUT2D eigenvalue weighted by Gasteiger charge is -2.27. The first kappa shape index (κ1) is 16.5. The molecule has 1 aromatic carbocycles. The molecule has 2 N–H and O–H groups in total. The average Bonchev–Trinajstić information content (AvgIpc) is 2.92. The largest absolute Gasteiger partial charge is 0.353 e. The number of hydrogen-bond donors (Lipinski definition) is 2. The Hall–Kier alpha value is -1.97. The van der Waals surface area contributed by atoms with Crippen molar-refractivity contribution in [1.82, 2.24) is 10.2 Å². The lowest BCUT2D eigenvalue weighted by atomic mass is 10.0. The summed E-state index contributed by atoms with van der Waals surface area (Å²) >= 11 is 4.79. The second-order valence-electron chi connectivity index (χ2n) is 6.21. The number of carbonyl (C=O) groups excluding carboxylic acids is 1. The van der Waals surface area contributed by atoms with Crippen LogP contribution in [0.25, 0.3) is 0 Å². The van der Waals surface area contributed by atoms with Gasteiger partial charge >= 0.3 is 0 Å². The van der Waals surface area contributed by atoms with Gasteiger partial charge in [-0.05, 0) is 41.0 Å². The van der Waals surface area contributed by atoms with Crippen LogP contribution in [-0.2, 0) is 13.0 Å².